The summed E-state index contributed by atoms with van der Waals surface area (Å²) < 4.78 is 5.31. The highest BCUT2D eigenvalue weighted by Gasteiger charge is 2.24. The van der Waals surface area contributed by atoms with Gasteiger partial charge in [-0.1, -0.05) is 25.9 Å². The Morgan fingerprint density at radius 1 is 1.32 bits per heavy atom. The third-order valence-corrected chi connectivity index (χ3v) is 2.73. The van der Waals surface area contributed by atoms with Crippen LogP contribution in [0.1, 0.15) is 39.0 Å². The zero-order valence-corrected chi connectivity index (χ0v) is 11.5. The van der Waals surface area contributed by atoms with Crippen LogP contribution in [-0.2, 0) is 0 Å². The second-order valence-corrected chi connectivity index (χ2v) is 5.74. The molecule has 0 radical (unpaired) electrons. The van der Waals surface area contributed by atoms with E-state index in [4.69, 9.17) is 10.3 Å². The number of hydrogen-bond acceptors (Lipinski definition) is 6. The third-order valence-electron chi connectivity index (χ3n) is 2.73. The number of nitrogens with two attached hydrogens (primary N) is 1. The van der Waals surface area contributed by atoms with E-state index in [9.17, 15) is 0 Å². The summed E-state index contributed by atoms with van der Waals surface area (Å²) in [5.74, 6) is 1.09. The first-order valence-electron chi connectivity index (χ1n) is 6.29. The first kappa shape index (κ1) is 13.6. The topological polar surface area (TPSA) is 90.7 Å². The Morgan fingerprint density at radius 3 is 2.68 bits per heavy atom. The van der Waals surface area contributed by atoms with Crippen molar-refractivity contribution in [3.8, 4) is 11.5 Å². The van der Waals surface area contributed by atoms with E-state index in [1.54, 1.807) is 18.6 Å². The van der Waals surface area contributed by atoms with Gasteiger partial charge in [-0.3, -0.25) is 4.98 Å². The normalized spacial score (nSPS) is 13.5. The molecule has 19 heavy (non-hydrogen) atoms. The molecule has 102 valence electrons. The van der Waals surface area contributed by atoms with Crippen molar-refractivity contribution in [2.75, 3.05) is 6.54 Å². The first-order valence-corrected chi connectivity index (χ1v) is 6.29. The van der Waals surface area contributed by atoms with Crippen molar-refractivity contribution in [2.24, 2.45) is 11.1 Å². The molecule has 0 saturated carbocycles. The fraction of sp³-hybridized carbons (Fsp3) is 0.538. The van der Waals surface area contributed by atoms with E-state index >= 15 is 0 Å². The quantitative estimate of drug-likeness (QED) is 0.905. The van der Waals surface area contributed by atoms with Crippen LogP contribution in [0.5, 0.6) is 0 Å². The summed E-state index contributed by atoms with van der Waals surface area (Å²) in [5, 5.41) is 3.94. The van der Waals surface area contributed by atoms with Gasteiger partial charge in [-0.2, -0.15) is 4.98 Å². The molecular formula is C13H19N5O. The maximum atomic E-state index is 5.80. The number of nitrogens with zero attached hydrogens (tertiary/aromatic N) is 4. The molecule has 2 aromatic rings. The first-order chi connectivity index (χ1) is 8.99. The van der Waals surface area contributed by atoms with Gasteiger partial charge in [-0.05, 0) is 11.8 Å². The van der Waals surface area contributed by atoms with Gasteiger partial charge in [-0.25, -0.2) is 4.98 Å². The summed E-state index contributed by atoms with van der Waals surface area (Å²) in [6, 6.07) is 0. The molecule has 0 amide bonds. The van der Waals surface area contributed by atoms with Gasteiger partial charge in [0.2, 0.25) is 11.7 Å². The predicted molar refractivity (Wildman–Crippen MR) is 71.2 cm³/mol. The number of rotatable bonds is 4. The van der Waals surface area contributed by atoms with Crippen molar-refractivity contribution in [3.63, 3.8) is 0 Å². The maximum absolute atomic E-state index is 5.80. The van der Waals surface area contributed by atoms with Crippen LogP contribution in [0.4, 0.5) is 0 Å². The van der Waals surface area contributed by atoms with E-state index in [2.05, 4.69) is 40.9 Å². The van der Waals surface area contributed by atoms with Crippen LogP contribution < -0.4 is 5.73 Å². The SMILES string of the molecule is CC(C)(C)CC(CN)c1nc(-c2cnccn2)no1. The average Bonchev–Trinajstić information content (AvgIpc) is 2.85. The van der Waals surface area contributed by atoms with Crippen molar-refractivity contribution in [2.45, 2.75) is 33.1 Å². The molecule has 0 aromatic carbocycles. The Hall–Kier alpha value is -1.82. The Labute approximate surface area is 112 Å². The van der Waals surface area contributed by atoms with Gasteiger partial charge in [0.15, 0.2) is 0 Å². The molecule has 1 atom stereocenters. The smallest absolute Gasteiger partial charge is 0.231 e. The minimum absolute atomic E-state index is 0.0675. The van der Waals surface area contributed by atoms with Crippen LogP contribution in [0.25, 0.3) is 11.5 Å². The second-order valence-electron chi connectivity index (χ2n) is 5.74. The van der Waals surface area contributed by atoms with Crippen molar-refractivity contribution < 1.29 is 4.52 Å². The van der Waals surface area contributed by atoms with Crippen molar-refractivity contribution in [1.82, 2.24) is 20.1 Å². The largest absolute Gasteiger partial charge is 0.339 e. The minimum atomic E-state index is 0.0675. The highest BCUT2D eigenvalue weighted by atomic mass is 16.5. The van der Waals surface area contributed by atoms with E-state index in [-0.39, 0.29) is 11.3 Å². The number of aromatic nitrogens is 4. The fourth-order valence-electron chi connectivity index (χ4n) is 1.93. The van der Waals surface area contributed by atoms with Crippen LogP contribution in [-0.4, -0.2) is 26.7 Å². The average molecular weight is 261 g/mol. The highest BCUT2D eigenvalue weighted by Crippen LogP contribution is 2.30. The molecule has 0 aliphatic rings. The zero-order valence-electron chi connectivity index (χ0n) is 11.5. The lowest BCUT2D eigenvalue weighted by atomic mass is 9.84. The highest BCUT2D eigenvalue weighted by molar-refractivity contribution is 5.45. The lowest BCUT2D eigenvalue weighted by molar-refractivity contribution is 0.287. The molecular weight excluding hydrogens is 242 g/mol. The van der Waals surface area contributed by atoms with E-state index in [0.717, 1.165) is 6.42 Å². The summed E-state index contributed by atoms with van der Waals surface area (Å²) in [5.41, 5.74) is 6.56. The van der Waals surface area contributed by atoms with Crippen molar-refractivity contribution in [3.05, 3.63) is 24.5 Å². The molecule has 0 bridgehead atoms. The molecule has 0 saturated heterocycles. The van der Waals surface area contributed by atoms with Gasteiger partial charge in [0.05, 0.1) is 12.1 Å². The monoisotopic (exact) mass is 261 g/mol. The minimum Gasteiger partial charge on any atom is -0.339 e. The van der Waals surface area contributed by atoms with Gasteiger partial charge in [0.25, 0.3) is 0 Å². The molecule has 6 nitrogen and oxygen atoms in total. The zero-order chi connectivity index (χ0) is 13.9. The van der Waals surface area contributed by atoms with Gasteiger partial charge in [0.1, 0.15) is 5.69 Å². The Balaban J connectivity index is 2.20. The molecule has 0 aliphatic heterocycles. The Bertz CT molecular complexity index is 517. The lowest BCUT2D eigenvalue weighted by Gasteiger charge is -2.22. The molecule has 2 aromatic heterocycles. The van der Waals surface area contributed by atoms with Gasteiger partial charge >= 0.3 is 0 Å². The molecule has 2 rings (SSSR count). The van der Waals surface area contributed by atoms with E-state index in [1.807, 2.05) is 0 Å². The molecule has 2 heterocycles. The molecule has 1 unspecified atom stereocenters. The summed E-state index contributed by atoms with van der Waals surface area (Å²) in [7, 11) is 0. The summed E-state index contributed by atoms with van der Waals surface area (Å²) in [4.78, 5) is 12.5. The van der Waals surface area contributed by atoms with Crippen LogP contribution in [0.3, 0.4) is 0 Å². The van der Waals surface area contributed by atoms with E-state index in [1.165, 1.54) is 0 Å². The summed E-state index contributed by atoms with van der Waals surface area (Å²) in [6.45, 7) is 6.97. The Morgan fingerprint density at radius 2 is 2.11 bits per heavy atom. The molecule has 0 spiro atoms. The summed E-state index contributed by atoms with van der Waals surface area (Å²) >= 11 is 0. The van der Waals surface area contributed by atoms with Crippen LogP contribution >= 0.6 is 0 Å². The fourth-order valence-corrected chi connectivity index (χ4v) is 1.93. The second kappa shape index (κ2) is 5.44. The third kappa shape index (κ3) is 3.57. The van der Waals surface area contributed by atoms with Gasteiger partial charge in [-0.15, -0.1) is 0 Å². The Kier molecular flexibility index (Phi) is 3.90. The van der Waals surface area contributed by atoms with Gasteiger partial charge < -0.3 is 10.3 Å². The van der Waals surface area contributed by atoms with Crippen LogP contribution in [0.2, 0.25) is 0 Å². The van der Waals surface area contributed by atoms with Crippen LogP contribution in [0, 0.1) is 5.41 Å². The lowest BCUT2D eigenvalue weighted by Crippen LogP contribution is -2.19. The predicted octanol–water partition coefficient (Wildman–Crippen LogP) is 2.01. The molecule has 0 fully saturated rings. The van der Waals surface area contributed by atoms with E-state index in [0.29, 0.717) is 24.0 Å². The van der Waals surface area contributed by atoms with Crippen molar-refractivity contribution >= 4 is 0 Å². The number of hydrogen-bond donors (Lipinski definition) is 1. The molecule has 6 heteroatoms. The van der Waals surface area contributed by atoms with Gasteiger partial charge in [0, 0.05) is 18.9 Å². The van der Waals surface area contributed by atoms with E-state index < -0.39 is 0 Å². The maximum Gasteiger partial charge on any atom is 0.231 e. The standard InChI is InChI=1S/C13H19N5O/c1-13(2,3)6-9(7-14)12-17-11(18-19-12)10-8-15-4-5-16-10/h4-5,8-9H,6-7,14H2,1-3H3. The van der Waals surface area contributed by atoms with Crippen molar-refractivity contribution in [1.29, 1.82) is 0 Å². The summed E-state index contributed by atoms with van der Waals surface area (Å²) in [6.07, 6.45) is 5.70. The van der Waals surface area contributed by atoms with Crippen LogP contribution in [0.15, 0.2) is 23.1 Å². The molecule has 2 N–H and O–H groups in total. The molecule has 0 aliphatic carbocycles.